The fourth-order valence-corrected chi connectivity index (χ4v) is 4.03. The van der Waals surface area contributed by atoms with Gasteiger partial charge < -0.3 is 20.5 Å². The fourth-order valence-electron chi connectivity index (χ4n) is 4.03. The normalized spacial score (nSPS) is 26.9. The van der Waals surface area contributed by atoms with Crippen LogP contribution in [0.4, 0.5) is 13.2 Å². The number of hydrogen-bond donors (Lipinski definition) is 2. The molecule has 1 heterocycles. The Labute approximate surface area is 157 Å². The second-order valence-corrected chi connectivity index (χ2v) is 7.58. The summed E-state index contributed by atoms with van der Waals surface area (Å²) in [5, 5.41) is 10.7. The SMILES string of the molecule is CN1C(N)=NC(COc2cccc(C(F)(F)F)c2)(CC2CCCCC2)C1O. The Morgan fingerprint density at radius 2 is 2.00 bits per heavy atom. The van der Waals surface area contributed by atoms with Crippen LogP contribution in [0.15, 0.2) is 29.3 Å². The minimum atomic E-state index is -4.44. The quantitative estimate of drug-likeness (QED) is 0.815. The van der Waals surface area contributed by atoms with Crippen molar-refractivity contribution in [2.75, 3.05) is 13.7 Å². The first-order valence-electron chi connectivity index (χ1n) is 9.27. The standard InChI is InChI=1S/C19H26F3N3O2/c1-25-16(26)18(24-17(25)23,11-13-6-3-2-4-7-13)12-27-15-9-5-8-14(10-15)19(20,21)22/h5,8-10,13,16,26H,2-4,6-7,11-12H2,1H3,(H2,23,24). The molecule has 3 N–H and O–H groups in total. The summed E-state index contributed by atoms with van der Waals surface area (Å²) in [6, 6.07) is 4.74. The largest absolute Gasteiger partial charge is 0.491 e. The van der Waals surface area contributed by atoms with E-state index in [1.807, 2.05) is 0 Å². The van der Waals surface area contributed by atoms with E-state index < -0.39 is 23.5 Å². The predicted octanol–water partition coefficient (Wildman–Crippen LogP) is 3.37. The van der Waals surface area contributed by atoms with Crippen molar-refractivity contribution in [1.82, 2.24) is 4.90 Å². The third-order valence-electron chi connectivity index (χ3n) is 5.56. The second-order valence-electron chi connectivity index (χ2n) is 7.58. The molecule has 1 aliphatic carbocycles. The molecule has 150 valence electrons. The Balaban J connectivity index is 1.78. The average molecular weight is 385 g/mol. The molecule has 0 saturated heterocycles. The van der Waals surface area contributed by atoms with Crippen LogP contribution in [-0.4, -0.2) is 41.4 Å². The van der Waals surface area contributed by atoms with Crippen molar-refractivity contribution in [2.45, 2.75) is 56.5 Å². The molecule has 1 aromatic rings. The zero-order chi connectivity index (χ0) is 19.7. The van der Waals surface area contributed by atoms with Crippen LogP contribution in [0.1, 0.15) is 44.1 Å². The summed E-state index contributed by atoms with van der Waals surface area (Å²) in [5.41, 5.74) is 4.16. The molecule has 5 nitrogen and oxygen atoms in total. The molecule has 0 amide bonds. The summed E-state index contributed by atoms with van der Waals surface area (Å²) in [7, 11) is 1.65. The molecule has 1 aliphatic heterocycles. The van der Waals surface area contributed by atoms with Gasteiger partial charge in [-0.1, -0.05) is 38.2 Å². The van der Waals surface area contributed by atoms with Gasteiger partial charge in [0.25, 0.3) is 0 Å². The van der Waals surface area contributed by atoms with Crippen LogP contribution in [0, 0.1) is 5.92 Å². The van der Waals surface area contributed by atoms with Crippen LogP contribution >= 0.6 is 0 Å². The summed E-state index contributed by atoms with van der Waals surface area (Å²) in [6.45, 7) is -0.0307. The molecule has 2 aliphatic rings. The van der Waals surface area contributed by atoms with Gasteiger partial charge in [-0.3, -0.25) is 0 Å². The van der Waals surface area contributed by atoms with Gasteiger partial charge >= 0.3 is 6.18 Å². The Morgan fingerprint density at radius 3 is 2.59 bits per heavy atom. The molecule has 2 unspecified atom stereocenters. The molecule has 0 radical (unpaired) electrons. The molecule has 0 aromatic heterocycles. The number of nitrogens with two attached hydrogens (primary N) is 1. The van der Waals surface area contributed by atoms with Crippen molar-refractivity contribution in [2.24, 2.45) is 16.6 Å². The van der Waals surface area contributed by atoms with Crippen molar-refractivity contribution < 1.29 is 23.0 Å². The van der Waals surface area contributed by atoms with E-state index in [4.69, 9.17) is 10.5 Å². The number of rotatable bonds is 5. The van der Waals surface area contributed by atoms with Crippen LogP contribution < -0.4 is 10.5 Å². The monoisotopic (exact) mass is 385 g/mol. The minimum absolute atomic E-state index is 0.0307. The Hall–Kier alpha value is -1.96. The summed E-state index contributed by atoms with van der Waals surface area (Å²) < 4.78 is 44.4. The van der Waals surface area contributed by atoms with Gasteiger partial charge in [0.15, 0.2) is 12.2 Å². The van der Waals surface area contributed by atoms with E-state index in [-0.39, 0.29) is 18.3 Å². The van der Waals surface area contributed by atoms with Crippen LogP contribution in [0.25, 0.3) is 0 Å². The number of nitrogens with zero attached hydrogens (tertiary/aromatic N) is 2. The highest BCUT2D eigenvalue weighted by Crippen LogP contribution is 2.38. The molecular weight excluding hydrogens is 359 g/mol. The summed E-state index contributed by atoms with van der Waals surface area (Å²) in [4.78, 5) is 5.97. The molecule has 3 rings (SSSR count). The highest BCUT2D eigenvalue weighted by atomic mass is 19.4. The Morgan fingerprint density at radius 1 is 1.30 bits per heavy atom. The number of likely N-dealkylation sites (N-methyl/N-ethyl adjacent to an activating group) is 1. The van der Waals surface area contributed by atoms with Gasteiger partial charge in [-0.05, 0) is 30.5 Å². The third kappa shape index (κ3) is 4.31. The molecule has 1 fully saturated rings. The van der Waals surface area contributed by atoms with E-state index in [2.05, 4.69) is 4.99 Å². The van der Waals surface area contributed by atoms with Crippen molar-refractivity contribution in [3.8, 4) is 5.75 Å². The minimum Gasteiger partial charge on any atom is -0.491 e. The number of alkyl halides is 3. The van der Waals surface area contributed by atoms with Crippen molar-refractivity contribution in [1.29, 1.82) is 0 Å². The van der Waals surface area contributed by atoms with Crippen molar-refractivity contribution in [3.63, 3.8) is 0 Å². The highest BCUT2D eigenvalue weighted by molar-refractivity contribution is 5.80. The number of aliphatic imine (C=N–C) groups is 1. The van der Waals surface area contributed by atoms with Crippen LogP contribution in [-0.2, 0) is 6.18 Å². The first-order chi connectivity index (χ1) is 12.7. The molecule has 27 heavy (non-hydrogen) atoms. The highest BCUT2D eigenvalue weighted by Gasteiger charge is 2.48. The van der Waals surface area contributed by atoms with Gasteiger partial charge in [0.2, 0.25) is 0 Å². The number of benzene rings is 1. The Kier molecular flexibility index (Phi) is 5.55. The molecule has 1 saturated carbocycles. The molecule has 0 spiro atoms. The average Bonchev–Trinajstić information content (AvgIpc) is 2.85. The molecule has 2 atom stereocenters. The maximum absolute atomic E-state index is 12.9. The molecule has 8 heteroatoms. The van der Waals surface area contributed by atoms with E-state index in [1.165, 1.54) is 23.5 Å². The van der Waals surface area contributed by atoms with Crippen molar-refractivity contribution in [3.05, 3.63) is 29.8 Å². The van der Waals surface area contributed by atoms with Gasteiger partial charge in [-0.15, -0.1) is 0 Å². The van der Waals surface area contributed by atoms with E-state index in [0.29, 0.717) is 12.3 Å². The zero-order valence-corrected chi connectivity index (χ0v) is 15.4. The summed E-state index contributed by atoms with van der Waals surface area (Å²) >= 11 is 0. The number of aliphatic hydroxyl groups is 1. The number of guanidine groups is 1. The van der Waals surface area contributed by atoms with Gasteiger partial charge in [0.1, 0.15) is 17.9 Å². The van der Waals surface area contributed by atoms with Gasteiger partial charge in [-0.2, -0.15) is 13.2 Å². The van der Waals surface area contributed by atoms with E-state index in [9.17, 15) is 18.3 Å². The number of halogens is 3. The van der Waals surface area contributed by atoms with Gasteiger partial charge in [0.05, 0.1) is 5.56 Å². The number of ether oxygens (including phenoxy) is 1. The van der Waals surface area contributed by atoms with E-state index in [1.54, 1.807) is 7.05 Å². The lowest BCUT2D eigenvalue weighted by atomic mass is 9.79. The Bertz CT molecular complexity index is 689. The van der Waals surface area contributed by atoms with Gasteiger partial charge in [-0.25, -0.2) is 4.99 Å². The maximum atomic E-state index is 12.9. The second kappa shape index (κ2) is 7.58. The number of hydrogen-bond acceptors (Lipinski definition) is 5. The lowest BCUT2D eigenvalue weighted by molar-refractivity contribution is -0.137. The summed E-state index contributed by atoms with van der Waals surface area (Å²) in [5.74, 6) is 0.705. The molecular formula is C19H26F3N3O2. The smallest absolute Gasteiger partial charge is 0.416 e. The number of aliphatic hydroxyl groups excluding tert-OH is 1. The third-order valence-corrected chi connectivity index (χ3v) is 5.56. The van der Waals surface area contributed by atoms with Crippen molar-refractivity contribution >= 4 is 5.96 Å². The maximum Gasteiger partial charge on any atom is 0.416 e. The van der Waals surface area contributed by atoms with Crippen LogP contribution in [0.3, 0.4) is 0 Å². The zero-order valence-electron chi connectivity index (χ0n) is 15.4. The van der Waals surface area contributed by atoms with Crippen LogP contribution in [0.2, 0.25) is 0 Å². The first-order valence-corrected chi connectivity index (χ1v) is 9.27. The van der Waals surface area contributed by atoms with E-state index >= 15 is 0 Å². The van der Waals surface area contributed by atoms with Crippen LogP contribution in [0.5, 0.6) is 5.75 Å². The first kappa shape index (κ1) is 19.8. The summed E-state index contributed by atoms with van der Waals surface area (Å²) in [6.07, 6.45) is 0.783. The van der Waals surface area contributed by atoms with E-state index in [0.717, 1.165) is 37.8 Å². The lowest BCUT2D eigenvalue weighted by Crippen LogP contribution is -2.50. The predicted molar refractivity (Wildman–Crippen MR) is 96.3 cm³/mol. The molecule has 1 aromatic carbocycles. The topological polar surface area (TPSA) is 71.1 Å². The molecule has 0 bridgehead atoms. The van der Waals surface area contributed by atoms with Gasteiger partial charge in [0, 0.05) is 7.05 Å². The fraction of sp³-hybridized carbons (Fsp3) is 0.632. The lowest BCUT2D eigenvalue weighted by Gasteiger charge is -2.36.